The minimum Gasteiger partial charge on any atom is -0.405 e. The molecule has 0 fully saturated rings. The first-order chi connectivity index (χ1) is 11.4. The summed E-state index contributed by atoms with van der Waals surface area (Å²) in [6.07, 6.45) is 0.0570. The van der Waals surface area contributed by atoms with Gasteiger partial charge in [0.25, 0.3) is 8.32 Å². The summed E-state index contributed by atoms with van der Waals surface area (Å²) in [7, 11) is -2.62. The number of hydrogen-bond donors (Lipinski definition) is 1. The van der Waals surface area contributed by atoms with Gasteiger partial charge in [0.15, 0.2) is 0 Å². The molecule has 0 aliphatic rings. The van der Waals surface area contributed by atoms with Gasteiger partial charge in [-0.25, -0.2) is 0 Å². The molecule has 0 heterocycles. The highest BCUT2D eigenvalue weighted by molar-refractivity contribution is 6.99. The molecule has 0 unspecified atom stereocenters. The van der Waals surface area contributed by atoms with Crippen molar-refractivity contribution in [1.29, 1.82) is 0 Å². The zero-order valence-electron chi connectivity index (χ0n) is 14.6. The van der Waals surface area contributed by atoms with Crippen molar-refractivity contribution in [2.75, 3.05) is 6.61 Å². The number of carbonyl (C=O) groups is 1. The summed E-state index contributed by atoms with van der Waals surface area (Å²) in [5.74, 6) is 0. The Morgan fingerprint density at radius 3 is 1.83 bits per heavy atom. The Kier molecular flexibility index (Phi) is 6.10. The van der Waals surface area contributed by atoms with E-state index >= 15 is 0 Å². The molecule has 0 bridgehead atoms. The minimum atomic E-state index is -2.62. The van der Waals surface area contributed by atoms with Crippen LogP contribution in [0, 0.1) is 0 Å². The maximum atomic E-state index is 10.7. The number of benzene rings is 2. The lowest BCUT2D eigenvalue weighted by Gasteiger charge is -2.43. The highest BCUT2D eigenvalue weighted by Crippen LogP contribution is 2.36. The van der Waals surface area contributed by atoms with Crippen LogP contribution in [0.25, 0.3) is 0 Å². The smallest absolute Gasteiger partial charge is 0.261 e. The molecule has 0 aromatic heterocycles. The van der Waals surface area contributed by atoms with Gasteiger partial charge in [-0.1, -0.05) is 81.4 Å². The Hall–Kier alpha value is -1.75. The van der Waals surface area contributed by atoms with Crippen molar-refractivity contribution in [2.45, 2.75) is 38.3 Å². The molecule has 0 spiro atoms. The third kappa shape index (κ3) is 3.83. The second-order valence-corrected chi connectivity index (χ2v) is 11.3. The van der Waals surface area contributed by atoms with Crippen LogP contribution in [-0.2, 0) is 9.22 Å². The molecule has 128 valence electrons. The second-order valence-electron chi connectivity index (χ2n) is 7.03. The minimum absolute atomic E-state index is 0.0954. The molecule has 1 atom stereocenters. The Bertz CT molecular complexity index is 595. The van der Waals surface area contributed by atoms with Crippen LogP contribution in [0.3, 0.4) is 0 Å². The number of aldehydes is 1. The lowest BCUT2D eigenvalue weighted by molar-refractivity contribution is -0.109. The van der Waals surface area contributed by atoms with Gasteiger partial charge >= 0.3 is 0 Å². The summed E-state index contributed by atoms with van der Waals surface area (Å²) in [5, 5.41) is 12.2. The predicted octanol–water partition coefficient (Wildman–Crippen LogP) is 2.51. The first-order valence-corrected chi connectivity index (χ1v) is 10.2. The van der Waals surface area contributed by atoms with E-state index in [4.69, 9.17) is 4.43 Å². The fourth-order valence-electron chi connectivity index (χ4n) is 3.16. The van der Waals surface area contributed by atoms with Crippen LogP contribution in [0.1, 0.15) is 27.2 Å². The molecular formula is C20H26O3Si. The maximum Gasteiger partial charge on any atom is 0.261 e. The van der Waals surface area contributed by atoms with Crippen molar-refractivity contribution in [3.63, 3.8) is 0 Å². The molecule has 0 aliphatic heterocycles. The van der Waals surface area contributed by atoms with Gasteiger partial charge in [-0.05, 0) is 15.4 Å². The van der Waals surface area contributed by atoms with Gasteiger partial charge in [0, 0.05) is 6.42 Å². The molecule has 2 aromatic rings. The Labute approximate surface area is 145 Å². The molecule has 2 aromatic carbocycles. The van der Waals surface area contributed by atoms with Crippen molar-refractivity contribution < 1.29 is 14.3 Å². The van der Waals surface area contributed by atoms with Crippen molar-refractivity contribution in [3.05, 3.63) is 60.7 Å². The lowest BCUT2D eigenvalue weighted by Crippen LogP contribution is -2.67. The Morgan fingerprint density at radius 1 is 1.00 bits per heavy atom. The lowest BCUT2D eigenvalue weighted by atomic mass is 10.2. The van der Waals surface area contributed by atoms with Gasteiger partial charge in [0.2, 0.25) is 0 Å². The highest BCUT2D eigenvalue weighted by atomic mass is 28.4. The summed E-state index contributed by atoms with van der Waals surface area (Å²) >= 11 is 0. The zero-order valence-corrected chi connectivity index (χ0v) is 15.6. The molecule has 2 rings (SSSR count). The molecule has 0 radical (unpaired) electrons. The highest BCUT2D eigenvalue weighted by Gasteiger charge is 2.50. The van der Waals surface area contributed by atoms with E-state index < -0.39 is 14.4 Å². The maximum absolute atomic E-state index is 10.7. The van der Waals surface area contributed by atoms with E-state index in [0.717, 1.165) is 6.29 Å². The normalized spacial score (nSPS) is 13.5. The van der Waals surface area contributed by atoms with Crippen LogP contribution in [0.2, 0.25) is 5.04 Å². The van der Waals surface area contributed by atoms with Crippen molar-refractivity contribution in [2.24, 2.45) is 0 Å². The molecular weight excluding hydrogens is 316 g/mol. The molecule has 4 heteroatoms. The molecule has 24 heavy (non-hydrogen) atoms. The average Bonchev–Trinajstić information content (AvgIpc) is 2.56. The van der Waals surface area contributed by atoms with E-state index in [1.54, 1.807) is 0 Å². The monoisotopic (exact) mass is 342 g/mol. The van der Waals surface area contributed by atoms with E-state index in [2.05, 4.69) is 45.0 Å². The fraction of sp³-hybridized carbons (Fsp3) is 0.350. The van der Waals surface area contributed by atoms with Crippen LogP contribution in [-0.4, -0.2) is 32.4 Å². The molecule has 0 saturated carbocycles. The number of hydrogen-bond acceptors (Lipinski definition) is 3. The summed E-state index contributed by atoms with van der Waals surface area (Å²) < 4.78 is 6.51. The number of carbonyl (C=O) groups excluding carboxylic acids is 1. The van der Waals surface area contributed by atoms with Crippen LogP contribution in [0.5, 0.6) is 0 Å². The van der Waals surface area contributed by atoms with Crippen LogP contribution >= 0.6 is 0 Å². The number of aliphatic hydroxyl groups excluding tert-OH is 1. The van der Waals surface area contributed by atoms with Gasteiger partial charge in [0.05, 0.1) is 12.7 Å². The van der Waals surface area contributed by atoms with Crippen molar-refractivity contribution >= 4 is 25.0 Å². The Balaban J connectivity index is 2.55. The molecule has 0 amide bonds. The van der Waals surface area contributed by atoms with E-state index in [1.165, 1.54) is 10.4 Å². The van der Waals surface area contributed by atoms with E-state index in [0.29, 0.717) is 0 Å². The SMILES string of the molecule is CC(C)(C)[Si](OC[C@H](O)CC=O)(c1ccccc1)c1ccccc1. The largest absolute Gasteiger partial charge is 0.405 e. The molecule has 0 saturated heterocycles. The van der Waals surface area contributed by atoms with Gasteiger partial charge in [-0.3, -0.25) is 0 Å². The number of aliphatic hydroxyl groups is 1. The van der Waals surface area contributed by atoms with E-state index in [1.807, 2.05) is 36.4 Å². The summed E-state index contributed by atoms with van der Waals surface area (Å²) in [5.41, 5.74) is 0. The second kappa shape index (κ2) is 7.88. The van der Waals surface area contributed by atoms with Crippen LogP contribution < -0.4 is 10.4 Å². The van der Waals surface area contributed by atoms with Crippen molar-refractivity contribution in [1.82, 2.24) is 0 Å². The molecule has 0 aliphatic carbocycles. The third-order valence-electron chi connectivity index (χ3n) is 4.28. The first kappa shape index (κ1) is 18.6. The van der Waals surface area contributed by atoms with Gasteiger partial charge in [0.1, 0.15) is 6.29 Å². The first-order valence-electron chi connectivity index (χ1n) is 8.28. The van der Waals surface area contributed by atoms with Gasteiger partial charge in [-0.15, -0.1) is 0 Å². The third-order valence-corrected chi connectivity index (χ3v) is 9.28. The fourth-order valence-corrected chi connectivity index (χ4v) is 7.76. The van der Waals surface area contributed by atoms with Gasteiger partial charge in [-0.2, -0.15) is 0 Å². The zero-order chi connectivity index (χ0) is 17.6. The van der Waals surface area contributed by atoms with Crippen LogP contribution in [0.4, 0.5) is 0 Å². The topological polar surface area (TPSA) is 46.5 Å². The summed E-state index contributed by atoms with van der Waals surface area (Å²) in [4.78, 5) is 10.7. The van der Waals surface area contributed by atoms with E-state index in [-0.39, 0.29) is 18.1 Å². The average molecular weight is 343 g/mol. The standard InChI is InChI=1S/C20H26O3Si/c1-20(2,3)24(18-10-6-4-7-11-18,19-12-8-5-9-13-19)23-16-17(22)14-15-21/h4-13,15,17,22H,14,16H2,1-3H3/t17-/m1/s1. The van der Waals surface area contributed by atoms with Crippen molar-refractivity contribution in [3.8, 4) is 0 Å². The Morgan fingerprint density at radius 2 is 1.46 bits per heavy atom. The molecule has 1 N–H and O–H groups in total. The van der Waals surface area contributed by atoms with Crippen LogP contribution in [0.15, 0.2) is 60.7 Å². The summed E-state index contributed by atoms with van der Waals surface area (Å²) in [6.45, 7) is 6.72. The predicted molar refractivity (Wildman–Crippen MR) is 100 cm³/mol. The molecule has 3 nitrogen and oxygen atoms in total. The summed E-state index contributed by atoms with van der Waals surface area (Å²) in [6, 6.07) is 20.5. The van der Waals surface area contributed by atoms with E-state index in [9.17, 15) is 9.90 Å². The quantitative estimate of drug-likeness (QED) is 0.621. The van der Waals surface area contributed by atoms with Gasteiger partial charge < -0.3 is 14.3 Å². The number of rotatable bonds is 7.